The van der Waals surface area contributed by atoms with Gasteiger partial charge in [-0.15, -0.1) is 6.58 Å². The summed E-state index contributed by atoms with van der Waals surface area (Å²) < 4.78 is 10.4. The number of unbranched alkanes of at least 4 members (excludes halogenated alkanes) is 2. The zero-order valence-electron chi connectivity index (χ0n) is 35.1. The van der Waals surface area contributed by atoms with Crippen molar-refractivity contribution >= 4 is 47.2 Å². The summed E-state index contributed by atoms with van der Waals surface area (Å²) in [7, 11) is 2.18. The van der Waals surface area contributed by atoms with E-state index in [4.69, 9.17) is 9.47 Å². The highest BCUT2D eigenvalue weighted by atomic mass is 16.7. The summed E-state index contributed by atoms with van der Waals surface area (Å²) >= 11 is 0. The van der Waals surface area contributed by atoms with E-state index in [-0.39, 0.29) is 31.2 Å². The number of amides is 4. The van der Waals surface area contributed by atoms with E-state index in [2.05, 4.69) is 64.1 Å². The molecule has 0 bridgehead atoms. The Morgan fingerprint density at radius 3 is 2.46 bits per heavy atom. The standard InChI is InChI=1S/C45H62N8O6/c1-5-6-7-10-25-58-45(57)59-32-53(31-54)41-12-9-8-11-37(41)27-33(2)36-13-19-52(20-14-36)44(56)47-40(29-35-26-34(3)42-38(28-35)30-46-48-42)43(55)51-23-21-50(22-24-51)39-15-17-49(4)18-16-39/h5,8-9,11-12,26-28,30-31,36,39-40H,1,6-7,10,13-25,29,32H2,2-4H3,(H,46,48)(H,47,56)/b33-27+. The summed E-state index contributed by atoms with van der Waals surface area (Å²) in [4.78, 5) is 62.6. The number of benzene rings is 2. The highest BCUT2D eigenvalue weighted by molar-refractivity contribution is 5.88. The van der Waals surface area contributed by atoms with Gasteiger partial charge in [-0.3, -0.25) is 24.5 Å². The number of H-pyrrole nitrogens is 1. The van der Waals surface area contributed by atoms with Crippen molar-refractivity contribution in [1.82, 2.24) is 35.1 Å². The third-order valence-electron chi connectivity index (χ3n) is 12.2. The van der Waals surface area contributed by atoms with Crippen LogP contribution in [0, 0.1) is 12.8 Å². The molecule has 3 aliphatic heterocycles. The number of rotatable bonds is 16. The van der Waals surface area contributed by atoms with Crippen LogP contribution in [-0.2, 0) is 25.5 Å². The van der Waals surface area contributed by atoms with E-state index in [1.54, 1.807) is 6.20 Å². The van der Waals surface area contributed by atoms with Crippen molar-refractivity contribution in [3.63, 3.8) is 0 Å². The molecule has 59 heavy (non-hydrogen) atoms. The van der Waals surface area contributed by atoms with Gasteiger partial charge in [0.15, 0.2) is 6.73 Å². The van der Waals surface area contributed by atoms with Crippen molar-refractivity contribution in [2.45, 2.75) is 77.3 Å². The molecular weight excluding hydrogens is 749 g/mol. The first-order valence-corrected chi connectivity index (χ1v) is 21.2. The van der Waals surface area contributed by atoms with E-state index in [1.165, 1.54) is 4.90 Å². The van der Waals surface area contributed by atoms with Crippen molar-refractivity contribution in [2.75, 3.05) is 77.6 Å². The maximum absolute atomic E-state index is 14.3. The molecule has 0 saturated carbocycles. The largest absolute Gasteiger partial charge is 0.510 e. The Balaban J connectivity index is 1.06. The minimum absolute atomic E-state index is 0.0374. The maximum atomic E-state index is 14.3. The van der Waals surface area contributed by atoms with Crippen LogP contribution in [0.5, 0.6) is 0 Å². The smallest absolute Gasteiger partial charge is 0.434 e. The first-order chi connectivity index (χ1) is 28.6. The third kappa shape index (κ3) is 11.7. The van der Waals surface area contributed by atoms with E-state index >= 15 is 0 Å². The van der Waals surface area contributed by atoms with Crippen molar-refractivity contribution in [3.8, 4) is 0 Å². The molecule has 2 N–H and O–H groups in total. The van der Waals surface area contributed by atoms with Gasteiger partial charge in [-0.2, -0.15) is 5.10 Å². The lowest BCUT2D eigenvalue weighted by atomic mass is 9.89. The van der Waals surface area contributed by atoms with Crippen LogP contribution in [-0.4, -0.2) is 139 Å². The monoisotopic (exact) mass is 810 g/mol. The molecule has 1 aromatic heterocycles. The molecule has 4 amide bonds. The van der Waals surface area contributed by atoms with Crippen molar-refractivity contribution < 1.29 is 28.7 Å². The molecule has 3 aromatic rings. The molecule has 318 valence electrons. The third-order valence-corrected chi connectivity index (χ3v) is 12.2. The number of hydrogen-bond donors (Lipinski definition) is 2. The van der Waals surface area contributed by atoms with E-state index in [0.717, 1.165) is 97.9 Å². The number of ether oxygens (including phenoxy) is 2. The predicted molar refractivity (Wildman–Crippen MR) is 230 cm³/mol. The second-order valence-corrected chi connectivity index (χ2v) is 16.3. The molecule has 14 nitrogen and oxygen atoms in total. The molecule has 0 aliphatic carbocycles. The molecule has 1 atom stereocenters. The Hall–Kier alpha value is -5.21. The molecule has 3 aliphatic rings. The van der Waals surface area contributed by atoms with Crippen LogP contribution in [0.15, 0.2) is 60.8 Å². The number of aryl methyl sites for hydroxylation is 1. The predicted octanol–water partition coefficient (Wildman–Crippen LogP) is 5.98. The Labute approximate surface area is 348 Å². The van der Waals surface area contributed by atoms with E-state index in [0.29, 0.717) is 57.2 Å². The lowest BCUT2D eigenvalue weighted by Gasteiger charge is -2.43. The minimum Gasteiger partial charge on any atom is -0.434 e. The summed E-state index contributed by atoms with van der Waals surface area (Å²) in [5.74, 6) is 0.177. The normalized spacial score (nSPS) is 18.1. The average molecular weight is 811 g/mol. The van der Waals surface area contributed by atoms with Gasteiger partial charge in [0.25, 0.3) is 0 Å². The van der Waals surface area contributed by atoms with Crippen LogP contribution in [0.4, 0.5) is 15.3 Å². The lowest BCUT2D eigenvalue weighted by Crippen LogP contribution is -2.59. The zero-order valence-corrected chi connectivity index (χ0v) is 35.1. The van der Waals surface area contributed by atoms with Gasteiger partial charge in [0.1, 0.15) is 6.04 Å². The molecule has 14 heteroatoms. The summed E-state index contributed by atoms with van der Waals surface area (Å²) in [6.45, 7) is 14.1. The highest BCUT2D eigenvalue weighted by Gasteiger charge is 2.33. The maximum Gasteiger partial charge on any atom is 0.510 e. The van der Waals surface area contributed by atoms with E-state index in [9.17, 15) is 19.2 Å². The molecule has 1 unspecified atom stereocenters. The number of carbonyl (C=O) groups is 4. The average Bonchev–Trinajstić information content (AvgIpc) is 3.74. The summed E-state index contributed by atoms with van der Waals surface area (Å²) in [5, 5.41) is 11.4. The number of anilines is 1. The first kappa shape index (κ1) is 43.4. The van der Waals surface area contributed by atoms with Crippen LogP contribution in [0.1, 0.15) is 68.6 Å². The van der Waals surface area contributed by atoms with Crippen molar-refractivity contribution in [3.05, 3.63) is 77.5 Å². The highest BCUT2D eigenvalue weighted by Crippen LogP contribution is 2.30. The number of para-hydroxylation sites is 1. The summed E-state index contributed by atoms with van der Waals surface area (Å²) in [5.41, 5.74) is 5.55. The van der Waals surface area contributed by atoms with Gasteiger partial charge < -0.3 is 29.5 Å². The Morgan fingerprint density at radius 1 is 0.983 bits per heavy atom. The number of carbonyl (C=O) groups excluding carboxylic acids is 4. The van der Waals surface area contributed by atoms with Crippen molar-refractivity contribution in [1.29, 1.82) is 0 Å². The molecule has 3 saturated heterocycles. The van der Waals surface area contributed by atoms with E-state index in [1.807, 2.05) is 47.1 Å². The van der Waals surface area contributed by atoms with Crippen molar-refractivity contribution in [2.24, 2.45) is 5.92 Å². The first-order valence-electron chi connectivity index (χ1n) is 21.2. The van der Waals surface area contributed by atoms with Gasteiger partial charge in [-0.05, 0) is 114 Å². The number of nitrogens with zero attached hydrogens (tertiary/aromatic N) is 6. The second kappa shape index (κ2) is 21.2. The number of nitrogens with one attached hydrogen (secondary N) is 2. The molecule has 0 radical (unpaired) electrons. The van der Waals surface area contributed by atoms with Crippen LogP contribution in [0.2, 0.25) is 0 Å². The topological polar surface area (TPSA) is 144 Å². The molecule has 4 heterocycles. The number of allylic oxidation sites excluding steroid dienone is 2. The molecule has 0 spiro atoms. The van der Waals surface area contributed by atoms with E-state index < -0.39 is 12.2 Å². The minimum atomic E-state index is -0.821. The Kier molecular flexibility index (Phi) is 15.6. The number of piperidine rings is 2. The number of piperazine rings is 1. The molecule has 2 aromatic carbocycles. The van der Waals surface area contributed by atoms with Gasteiger partial charge in [-0.1, -0.05) is 42.0 Å². The quantitative estimate of drug-likeness (QED) is 0.0588. The van der Waals surface area contributed by atoms with Crippen LogP contribution < -0.4 is 10.2 Å². The summed E-state index contributed by atoms with van der Waals surface area (Å²) in [6, 6.07) is 11.2. The Morgan fingerprint density at radius 2 is 1.73 bits per heavy atom. The molecule has 3 fully saturated rings. The number of hydrogen-bond acceptors (Lipinski definition) is 9. The number of aromatic amines is 1. The fraction of sp³-hybridized carbons (Fsp3) is 0.533. The van der Waals surface area contributed by atoms with Gasteiger partial charge >= 0.3 is 12.2 Å². The molecular formula is C45H62N8O6. The fourth-order valence-electron chi connectivity index (χ4n) is 8.63. The number of fused-ring (bicyclic) bond motifs is 1. The zero-order chi connectivity index (χ0) is 41.7. The number of likely N-dealkylation sites (tertiary alicyclic amines) is 2. The van der Waals surface area contributed by atoms with Gasteiger partial charge in [0.2, 0.25) is 12.3 Å². The van der Waals surface area contributed by atoms with Gasteiger partial charge in [-0.25, -0.2) is 9.59 Å². The van der Waals surface area contributed by atoms with Crippen LogP contribution >= 0.6 is 0 Å². The molecule has 6 rings (SSSR count). The summed E-state index contributed by atoms with van der Waals surface area (Å²) in [6.07, 6.45) is 12.1. The number of aromatic nitrogens is 2. The van der Waals surface area contributed by atoms with Crippen LogP contribution in [0.3, 0.4) is 0 Å². The number of urea groups is 1. The van der Waals surface area contributed by atoms with Crippen LogP contribution in [0.25, 0.3) is 17.0 Å². The lowest BCUT2D eigenvalue weighted by molar-refractivity contribution is -0.135. The van der Waals surface area contributed by atoms with Gasteiger partial charge in [0, 0.05) is 57.1 Å². The fourth-order valence-corrected chi connectivity index (χ4v) is 8.63. The SMILES string of the molecule is C=CCCCCOC(=O)OCN(C=O)c1ccccc1/C=C(\C)C1CCN(C(=O)NC(Cc2cc(C)c3[nH]ncc3c2)C(=O)N2CCN(C3CCN(C)CC3)CC2)CC1. The second-order valence-electron chi connectivity index (χ2n) is 16.3. The Bertz CT molecular complexity index is 1920. The van der Waals surface area contributed by atoms with Gasteiger partial charge in [0.05, 0.1) is 24.0 Å².